The Balaban J connectivity index is 1.58. The molecule has 1 aliphatic rings. The molecular formula is C20H27N3OS. The van der Waals surface area contributed by atoms with Gasteiger partial charge in [-0.05, 0) is 50.5 Å². The molecule has 0 spiro atoms. The monoisotopic (exact) mass is 357 g/mol. The lowest BCUT2D eigenvalue weighted by Gasteiger charge is -2.27. The van der Waals surface area contributed by atoms with Gasteiger partial charge in [0.05, 0.1) is 12.1 Å². The number of hydrogen-bond acceptors (Lipinski definition) is 4. The topological polar surface area (TPSA) is 35.6 Å². The van der Waals surface area contributed by atoms with Crippen molar-refractivity contribution in [2.75, 3.05) is 27.2 Å². The first-order valence-electron chi connectivity index (χ1n) is 8.90. The lowest BCUT2D eigenvalue weighted by Crippen LogP contribution is -2.45. The molecule has 2 heterocycles. The summed E-state index contributed by atoms with van der Waals surface area (Å²) in [6.07, 6.45) is 2.04. The van der Waals surface area contributed by atoms with E-state index in [-0.39, 0.29) is 18.0 Å². The predicted molar refractivity (Wildman–Crippen MR) is 104 cm³/mol. The van der Waals surface area contributed by atoms with Gasteiger partial charge in [0, 0.05) is 18.0 Å². The van der Waals surface area contributed by atoms with Gasteiger partial charge in [-0.3, -0.25) is 9.69 Å². The molecule has 4 nitrogen and oxygen atoms in total. The smallest absolute Gasteiger partial charge is 0.237 e. The van der Waals surface area contributed by atoms with Crippen molar-refractivity contribution in [1.29, 1.82) is 0 Å². The molecule has 0 radical (unpaired) electrons. The number of rotatable bonds is 7. The molecule has 1 aromatic carbocycles. The zero-order valence-electron chi connectivity index (χ0n) is 15.0. The normalized spacial score (nSPS) is 19.2. The number of carbonyl (C=O) groups excluding carboxylic acids is 1. The number of carbonyl (C=O) groups is 1. The van der Waals surface area contributed by atoms with Crippen LogP contribution >= 0.6 is 11.3 Å². The molecule has 1 saturated heterocycles. The quantitative estimate of drug-likeness (QED) is 0.827. The number of nitrogens with zero attached hydrogens (tertiary/aromatic N) is 2. The molecule has 1 fully saturated rings. The summed E-state index contributed by atoms with van der Waals surface area (Å²) in [5.74, 6) is 0.164. The average molecular weight is 358 g/mol. The summed E-state index contributed by atoms with van der Waals surface area (Å²) in [4.78, 5) is 18.5. The van der Waals surface area contributed by atoms with Gasteiger partial charge in [-0.25, -0.2) is 0 Å². The summed E-state index contributed by atoms with van der Waals surface area (Å²) < 4.78 is 0. The van der Waals surface area contributed by atoms with Crippen molar-refractivity contribution in [3.05, 3.63) is 58.3 Å². The summed E-state index contributed by atoms with van der Waals surface area (Å²) in [5.41, 5.74) is 1.27. The molecule has 134 valence electrons. The third kappa shape index (κ3) is 4.69. The van der Waals surface area contributed by atoms with Crippen LogP contribution in [0.1, 0.15) is 29.3 Å². The number of benzene rings is 1. The second-order valence-corrected chi connectivity index (χ2v) is 7.83. The number of likely N-dealkylation sites (tertiary alicyclic amines) is 1. The first-order valence-corrected chi connectivity index (χ1v) is 9.78. The van der Waals surface area contributed by atoms with Gasteiger partial charge < -0.3 is 10.2 Å². The molecule has 1 aliphatic heterocycles. The Labute approximate surface area is 154 Å². The lowest BCUT2D eigenvalue weighted by atomic mass is 10.1. The molecule has 0 aliphatic carbocycles. The minimum absolute atomic E-state index is 0.00801. The fourth-order valence-corrected chi connectivity index (χ4v) is 4.39. The summed E-state index contributed by atoms with van der Waals surface area (Å²) in [7, 11) is 4.13. The van der Waals surface area contributed by atoms with Crippen LogP contribution in [0.3, 0.4) is 0 Å². The van der Waals surface area contributed by atoms with Crippen LogP contribution < -0.4 is 5.32 Å². The van der Waals surface area contributed by atoms with E-state index in [0.717, 1.165) is 25.9 Å². The molecule has 0 bridgehead atoms. The van der Waals surface area contributed by atoms with Crippen LogP contribution in [0.4, 0.5) is 0 Å². The molecule has 1 N–H and O–H groups in total. The van der Waals surface area contributed by atoms with Gasteiger partial charge in [-0.2, -0.15) is 0 Å². The molecular weight excluding hydrogens is 330 g/mol. The van der Waals surface area contributed by atoms with Crippen molar-refractivity contribution >= 4 is 17.2 Å². The Hall–Kier alpha value is -1.69. The van der Waals surface area contributed by atoms with E-state index >= 15 is 0 Å². The highest BCUT2D eigenvalue weighted by Crippen LogP contribution is 2.23. The zero-order valence-corrected chi connectivity index (χ0v) is 15.8. The molecule has 2 unspecified atom stereocenters. The number of amides is 1. The van der Waals surface area contributed by atoms with Crippen molar-refractivity contribution in [3.8, 4) is 0 Å². The van der Waals surface area contributed by atoms with Gasteiger partial charge in [-0.15, -0.1) is 11.3 Å². The van der Waals surface area contributed by atoms with E-state index in [1.165, 1.54) is 10.4 Å². The maximum absolute atomic E-state index is 12.8. The Morgan fingerprint density at radius 1 is 1.28 bits per heavy atom. The van der Waals surface area contributed by atoms with E-state index in [0.29, 0.717) is 6.54 Å². The van der Waals surface area contributed by atoms with Gasteiger partial charge in [0.2, 0.25) is 5.91 Å². The van der Waals surface area contributed by atoms with E-state index in [1.807, 2.05) is 6.07 Å². The van der Waals surface area contributed by atoms with Crippen LogP contribution in [0.15, 0.2) is 47.8 Å². The molecule has 3 rings (SSSR count). The van der Waals surface area contributed by atoms with E-state index in [2.05, 4.69) is 71.0 Å². The van der Waals surface area contributed by atoms with Gasteiger partial charge in [0.25, 0.3) is 0 Å². The van der Waals surface area contributed by atoms with Crippen molar-refractivity contribution < 1.29 is 4.79 Å². The first kappa shape index (κ1) is 18.1. The van der Waals surface area contributed by atoms with Crippen molar-refractivity contribution in [1.82, 2.24) is 15.1 Å². The molecule has 1 aromatic heterocycles. The molecule has 5 heteroatoms. The Bertz CT molecular complexity index is 657. The maximum Gasteiger partial charge on any atom is 0.237 e. The van der Waals surface area contributed by atoms with Crippen molar-refractivity contribution in [2.45, 2.75) is 31.5 Å². The van der Waals surface area contributed by atoms with Gasteiger partial charge in [0.1, 0.15) is 0 Å². The number of likely N-dealkylation sites (N-methyl/N-ethyl adjacent to an activating group) is 1. The summed E-state index contributed by atoms with van der Waals surface area (Å²) in [6, 6.07) is 14.8. The maximum atomic E-state index is 12.8. The minimum Gasteiger partial charge on any atom is -0.353 e. The summed E-state index contributed by atoms with van der Waals surface area (Å²) in [5, 5.41) is 5.28. The largest absolute Gasteiger partial charge is 0.353 e. The van der Waals surface area contributed by atoms with Crippen LogP contribution in [0.2, 0.25) is 0 Å². The van der Waals surface area contributed by atoms with Crippen LogP contribution in [-0.2, 0) is 11.3 Å². The van der Waals surface area contributed by atoms with Gasteiger partial charge >= 0.3 is 0 Å². The third-order valence-corrected chi connectivity index (χ3v) is 5.83. The van der Waals surface area contributed by atoms with Gasteiger partial charge in [0.15, 0.2) is 0 Å². The second kappa shape index (κ2) is 8.61. The highest BCUT2D eigenvalue weighted by molar-refractivity contribution is 7.10. The van der Waals surface area contributed by atoms with E-state index in [9.17, 15) is 4.79 Å². The van der Waals surface area contributed by atoms with E-state index in [4.69, 9.17) is 0 Å². The average Bonchev–Trinajstić information content (AvgIpc) is 3.27. The fourth-order valence-electron chi connectivity index (χ4n) is 3.46. The standard InChI is InChI=1S/C20H27N3OS/c1-22(2)18(19-11-7-13-25-19)14-21-20(24)17-10-6-12-23(17)15-16-8-4-3-5-9-16/h3-5,7-9,11,13,17-18H,6,10,12,14-15H2,1-2H3,(H,21,24). The number of thiophene rings is 1. The summed E-state index contributed by atoms with van der Waals surface area (Å²) >= 11 is 1.74. The highest BCUT2D eigenvalue weighted by atomic mass is 32.1. The predicted octanol–water partition coefficient (Wildman–Crippen LogP) is 3.13. The number of hydrogen-bond donors (Lipinski definition) is 1. The van der Waals surface area contributed by atoms with E-state index < -0.39 is 0 Å². The van der Waals surface area contributed by atoms with Crippen LogP contribution in [0.5, 0.6) is 0 Å². The lowest BCUT2D eigenvalue weighted by molar-refractivity contribution is -0.125. The van der Waals surface area contributed by atoms with Crippen LogP contribution in [-0.4, -0.2) is 48.9 Å². The molecule has 25 heavy (non-hydrogen) atoms. The van der Waals surface area contributed by atoms with Gasteiger partial charge in [-0.1, -0.05) is 36.4 Å². The Kier molecular flexibility index (Phi) is 6.24. The first-order chi connectivity index (χ1) is 12.1. The van der Waals surface area contributed by atoms with Crippen LogP contribution in [0.25, 0.3) is 0 Å². The molecule has 1 amide bonds. The number of nitrogens with one attached hydrogen (secondary N) is 1. The Morgan fingerprint density at radius 2 is 2.08 bits per heavy atom. The SMILES string of the molecule is CN(C)C(CNC(=O)C1CCCN1Cc1ccccc1)c1cccs1. The Morgan fingerprint density at radius 3 is 2.76 bits per heavy atom. The van der Waals surface area contributed by atoms with E-state index in [1.54, 1.807) is 11.3 Å². The fraction of sp³-hybridized carbons (Fsp3) is 0.450. The third-order valence-electron chi connectivity index (χ3n) is 4.86. The van der Waals surface area contributed by atoms with Crippen molar-refractivity contribution in [2.24, 2.45) is 0 Å². The zero-order chi connectivity index (χ0) is 17.6. The highest BCUT2D eigenvalue weighted by Gasteiger charge is 2.31. The van der Waals surface area contributed by atoms with Crippen LogP contribution in [0, 0.1) is 0 Å². The molecule has 2 atom stereocenters. The summed E-state index contributed by atoms with van der Waals surface area (Å²) in [6.45, 7) is 2.50. The van der Waals surface area contributed by atoms with Crippen molar-refractivity contribution in [3.63, 3.8) is 0 Å². The second-order valence-electron chi connectivity index (χ2n) is 6.85. The molecule has 0 saturated carbocycles. The minimum atomic E-state index is -0.00801. The molecule has 2 aromatic rings.